The number of hydrogen-bond acceptors (Lipinski definition) is 6. The van der Waals surface area contributed by atoms with Crippen molar-refractivity contribution in [1.82, 2.24) is 4.90 Å². The topological polar surface area (TPSA) is 152 Å². The summed E-state index contributed by atoms with van der Waals surface area (Å²) in [6, 6.07) is 0. The van der Waals surface area contributed by atoms with Gasteiger partial charge in [-0.05, 0) is 0 Å². The molecule has 4 N–H and O–H groups in total. The fourth-order valence-electron chi connectivity index (χ4n) is 1.46. The third-order valence-electron chi connectivity index (χ3n) is 2.32. The Morgan fingerprint density at radius 2 is 1.59 bits per heavy atom. The van der Waals surface area contributed by atoms with Crippen molar-refractivity contribution in [3.8, 4) is 0 Å². The summed E-state index contributed by atoms with van der Waals surface area (Å²) in [5.74, 6) is -6.38. The molecule has 2 atom stereocenters. The van der Waals surface area contributed by atoms with Gasteiger partial charge < -0.3 is 20.4 Å². The summed E-state index contributed by atoms with van der Waals surface area (Å²) in [7, 11) is 0. The highest BCUT2D eigenvalue weighted by Crippen LogP contribution is 2.25. The maximum atomic E-state index is 11.2. The van der Waals surface area contributed by atoms with E-state index in [0.29, 0.717) is 0 Å². The molecule has 9 nitrogen and oxygen atoms in total. The second-order valence-corrected chi connectivity index (χ2v) is 3.39. The highest BCUT2D eigenvalue weighted by Gasteiger charge is 2.58. The molecule has 1 rings (SSSR count). The normalized spacial score (nSPS) is 21.2. The van der Waals surface area contributed by atoms with E-state index in [9.17, 15) is 24.3 Å². The van der Waals surface area contributed by atoms with E-state index in [1.165, 1.54) is 0 Å². The maximum absolute atomic E-state index is 11.2. The van der Waals surface area contributed by atoms with Gasteiger partial charge in [-0.25, -0.2) is 14.5 Å². The number of amides is 2. The van der Waals surface area contributed by atoms with Crippen molar-refractivity contribution in [2.75, 3.05) is 0 Å². The lowest BCUT2D eigenvalue weighted by molar-refractivity contribution is -0.214. The number of aliphatic hydroxyl groups is 2. The van der Waals surface area contributed by atoms with Crippen LogP contribution >= 0.6 is 0 Å². The lowest BCUT2D eigenvalue weighted by atomic mass is 10.1. The van der Waals surface area contributed by atoms with E-state index in [1.807, 2.05) is 0 Å². The molecule has 1 aliphatic rings. The van der Waals surface area contributed by atoms with E-state index >= 15 is 0 Å². The molecule has 0 radical (unpaired) electrons. The molecule has 1 aliphatic heterocycles. The number of carboxylic acids is 2. The van der Waals surface area contributed by atoms with Crippen LogP contribution in [0, 0.1) is 0 Å². The summed E-state index contributed by atoms with van der Waals surface area (Å²) >= 11 is 0. The molecule has 2 amide bonds. The second kappa shape index (κ2) is 4.11. The number of nitrogens with zero attached hydrogens (tertiary/aromatic N) is 1. The van der Waals surface area contributed by atoms with Crippen LogP contribution in [0.25, 0.3) is 0 Å². The maximum Gasteiger partial charge on any atom is 0.361 e. The van der Waals surface area contributed by atoms with Crippen LogP contribution in [0.3, 0.4) is 0 Å². The molecule has 0 aromatic carbocycles. The van der Waals surface area contributed by atoms with Crippen LogP contribution in [-0.4, -0.2) is 60.9 Å². The van der Waals surface area contributed by atoms with Crippen LogP contribution < -0.4 is 0 Å². The van der Waals surface area contributed by atoms with E-state index in [1.54, 1.807) is 0 Å². The van der Waals surface area contributed by atoms with Gasteiger partial charge >= 0.3 is 11.9 Å². The van der Waals surface area contributed by atoms with Crippen molar-refractivity contribution in [3.63, 3.8) is 0 Å². The van der Waals surface area contributed by atoms with Gasteiger partial charge in [0.15, 0.2) is 0 Å². The van der Waals surface area contributed by atoms with Gasteiger partial charge in [-0.3, -0.25) is 9.59 Å². The number of rotatable bonds is 4. The third kappa shape index (κ3) is 1.85. The highest BCUT2D eigenvalue weighted by atomic mass is 16.5. The quantitative estimate of drug-likeness (QED) is 0.393. The molecule has 0 aromatic rings. The predicted octanol–water partition coefficient (Wildman–Crippen LogP) is -2.65. The van der Waals surface area contributed by atoms with Gasteiger partial charge in [-0.2, -0.15) is 0 Å². The zero-order valence-electron chi connectivity index (χ0n) is 8.36. The molecule has 1 fully saturated rings. The first-order valence-electron chi connectivity index (χ1n) is 4.45. The Morgan fingerprint density at radius 1 is 1.18 bits per heavy atom. The smallest absolute Gasteiger partial charge is 0.361 e. The van der Waals surface area contributed by atoms with Crippen molar-refractivity contribution in [2.24, 2.45) is 0 Å². The first-order chi connectivity index (χ1) is 7.72. The van der Waals surface area contributed by atoms with Gasteiger partial charge in [-0.1, -0.05) is 0 Å². The number of likely N-dealkylation sites (tertiary alicyclic amines) is 1. The van der Waals surface area contributed by atoms with Crippen LogP contribution in [0.2, 0.25) is 0 Å². The Morgan fingerprint density at radius 3 is 1.88 bits per heavy atom. The molecule has 17 heavy (non-hydrogen) atoms. The zero-order chi connectivity index (χ0) is 13.4. The van der Waals surface area contributed by atoms with E-state index < -0.39 is 35.6 Å². The molecular weight excluding hydrogens is 238 g/mol. The zero-order valence-corrected chi connectivity index (χ0v) is 8.36. The van der Waals surface area contributed by atoms with Crippen LogP contribution in [0.1, 0.15) is 12.8 Å². The summed E-state index contributed by atoms with van der Waals surface area (Å²) in [6.07, 6.45) is -3.52. The second-order valence-electron chi connectivity index (χ2n) is 3.39. The Hall–Kier alpha value is -2.00. The number of aliphatic carboxylic acids is 2. The number of carbonyl (C=O) groups is 4. The standard InChI is InChI=1S/C8H9NO8/c10-3-1-2-4(11)9(3)8(17,7(15)16)5(12)6(13)14/h5,12,17H,1-2H2,(H,13,14)(H,15,16). The van der Waals surface area contributed by atoms with E-state index in [4.69, 9.17) is 15.3 Å². The van der Waals surface area contributed by atoms with Crippen molar-refractivity contribution >= 4 is 23.8 Å². The lowest BCUT2D eigenvalue weighted by Gasteiger charge is -2.33. The Bertz CT molecular complexity index is 388. The molecular formula is C8H9NO8. The fourth-order valence-corrected chi connectivity index (χ4v) is 1.46. The number of aliphatic hydroxyl groups excluding tert-OH is 1. The molecule has 0 spiro atoms. The molecule has 1 saturated heterocycles. The predicted molar refractivity (Wildman–Crippen MR) is 47.3 cm³/mol. The molecule has 0 aromatic heterocycles. The Kier molecular flexibility index (Phi) is 3.16. The average molecular weight is 247 g/mol. The first kappa shape index (κ1) is 13.1. The number of carbonyl (C=O) groups excluding carboxylic acids is 2. The summed E-state index contributed by atoms with van der Waals surface area (Å²) in [5, 5.41) is 36.0. The van der Waals surface area contributed by atoms with Crippen LogP contribution in [0.4, 0.5) is 0 Å². The van der Waals surface area contributed by atoms with Crippen LogP contribution in [0.15, 0.2) is 0 Å². The summed E-state index contributed by atoms with van der Waals surface area (Å²) < 4.78 is 0. The minimum absolute atomic E-state index is 0.131. The highest BCUT2D eigenvalue weighted by molar-refractivity contribution is 6.07. The van der Waals surface area contributed by atoms with Gasteiger partial charge in [-0.15, -0.1) is 0 Å². The molecule has 94 valence electrons. The molecule has 0 aliphatic carbocycles. The Labute approximate surface area is 93.9 Å². The van der Waals surface area contributed by atoms with Crippen molar-refractivity contribution in [3.05, 3.63) is 0 Å². The van der Waals surface area contributed by atoms with Gasteiger partial charge in [0.05, 0.1) is 0 Å². The van der Waals surface area contributed by atoms with Crippen molar-refractivity contribution in [2.45, 2.75) is 24.7 Å². The fraction of sp³-hybridized carbons (Fsp3) is 0.500. The monoisotopic (exact) mass is 247 g/mol. The average Bonchev–Trinajstić information content (AvgIpc) is 2.56. The van der Waals surface area contributed by atoms with Gasteiger partial charge in [0, 0.05) is 12.8 Å². The molecule has 0 saturated carbocycles. The van der Waals surface area contributed by atoms with Gasteiger partial charge in [0.25, 0.3) is 5.72 Å². The van der Waals surface area contributed by atoms with Crippen molar-refractivity contribution < 1.29 is 39.6 Å². The molecule has 2 unspecified atom stereocenters. The van der Waals surface area contributed by atoms with E-state index in [2.05, 4.69) is 0 Å². The van der Waals surface area contributed by atoms with Gasteiger partial charge in [0.2, 0.25) is 17.9 Å². The minimum Gasteiger partial charge on any atom is -0.479 e. The van der Waals surface area contributed by atoms with Crippen LogP contribution in [0.5, 0.6) is 0 Å². The number of carboxylic acid groups (broad SMARTS) is 2. The number of imide groups is 1. The van der Waals surface area contributed by atoms with E-state index in [0.717, 1.165) is 0 Å². The minimum atomic E-state index is -3.49. The summed E-state index contributed by atoms with van der Waals surface area (Å²) in [6.45, 7) is 0. The van der Waals surface area contributed by atoms with Gasteiger partial charge in [0.1, 0.15) is 0 Å². The molecule has 9 heteroatoms. The largest absolute Gasteiger partial charge is 0.479 e. The number of hydrogen-bond donors (Lipinski definition) is 4. The SMILES string of the molecule is O=C(O)C(O)C(O)(C(=O)O)N1C(=O)CCC1=O. The lowest BCUT2D eigenvalue weighted by Crippen LogP contribution is -2.65. The van der Waals surface area contributed by atoms with Crippen LogP contribution in [-0.2, 0) is 19.2 Å². The molecule has 1 heterocycles. The van der Waals surface area contributed by atoms with Crippen molar-refractivity contribution in [1.29, 1.82) is 0 Å². The summed E-state index contributed by atoms with van der Waals surface area (Å²) in [4.78, 5) is 43.7. The first-order valence-corrected chi connectivity index (χ1v) is 4.45. The third-order valence-corrected chi connectivity index (χ3v) is 2.32. The Balaban J connectivity index is 3.25. The summed E-state index contributed by atoms with van der Waals surface area (Å²) in [5.41, 5.74) is -3.49. The molecule has 0 bridgehead atoms. The van der Waals surface area contributed by atoms with E-state index in [-0.39, 0.29) is 17.7 Å².